The molecule has 2 unspecified atom stereocenters. The fourth-order valence-electron chi connectivity index (χ4n) is 2.94. The van der Waals surface area contributed by atoms with E-state index in [0.717, 1.165) is 19.6 Å². The second-order valence-electron chi connectivity index (χ2n) is 6.52. The summed E-state index contributed by atoms with van der Waals surface area (Å²) in [5.74, 6) is 0.704. The van der Waals surface area contributed by atoms with Crippen molar-refractivity contribution in [2.75, 3.05) is 13.1 Å². The summed E-state index contributed by atoms with van der Waals surface area (Å²) in [6.45, 7) is 14.9. The summed E-state index contributed by atoms with van der Waals surface area (Å²) in [6.07, 6.45) is 1.19. The summed E-state index contributed by atoms with van der Waals surface area (Å²) in [5.41, 5.74) is 0.275. The first-order valence-electron chi connectivity index (χ1n) is 7.48. The number of hydrogen-bond donors (Lipinski definition) is 1. The minimum atomic E-state index is 0.275. The van der Waals surface area contributed by atoms with Gasteiger partial charge < -0.3 is 5.32 Å². The van der Waals surface area contributed by atoms with Crippen molar-refractivity contribution < 1.29 is 0 Å². The second kappa shape index (κ2) is 5.94. The molecule has 0 aliphatic carbocycles. The third-order valence-electron chi connectivity index (χ3n) is 4.46. The van der Waals surface area contributed by atoms with Crippen molar-refractivity contribution in [3.05, 3.63) is 21.9 Å². The Hall–Kier alpha value is -0.380. The molecule has 1 aromatic heterocycles. The molecule has 3 heteroatoms. The maximum atomic E-state index is 3.76. The zero-order valence-corrected chi connectivity index (χ0v) is 13.8. The number of rotatable bonds is 4. The smallest absolute Gasteiger partial charge is 0.0332 e. The van der Waals surface area contributed by atoms with E-state index in [2.05, 4.69) is 57.0 Å². The normalized spacial score (nSPS) is 29.1. The van der Waals surface area contributed by atoms with Crippen LogP contribution in [0.25, 0.3) is 0 Å². The molecule has 1 aliphatic heterocycles. The molecular formula is C16H28N2S. The molecule has 2 rings (SSSR count). The van der Waals surface area contributed by atoms with E-state index in [0.29, 0.717) is 12.0 Å². The maximum absolute atomic E-state index is 3.76. The Bertz CT molecular complexity index is 413. The van der Waals surface area contributed by atoms with Gasteiger partial charge in [-0.3, -0.25) is 4.90 Å². The van der Waals surface area contributed by atoms with Crippen LogP contribution in [0.4, 0.5) is 0 Å². The zero-order valence-electron chi connectivity index (χ0n) is 13.0. The average molecular weight is 280 g/mol. The van der Waals surface area contributed by atoms with Crippen LogP contribution in [-0.4, -0.2) is 29.6 Å². The van der Waals surface area contributed by atoms with Crippen LogP contribution in [0, 0.1) is 12.8 Å². The van der Waals surface area contributed by atoms with Crippen molar-refractivity contribution in [2.45, 2.75) is 59.2 Å². The molecule has 2 heterocycles. The molecule has 0 aromatic carbocycles. The van der Waals surface area contributed by atoms with Crippen molar-refractivity contribution in [2.24, 2.45) is 5.92 Å². The molecule has 0 spiro atoms. The third kappa shape index (κ3) is 3.59. The van der Waals surface area contributed by atoms with Gasteiger partial charge in [0.1, 0.15) is 0 Å². The van der Waals surface area contributed by atoms with E-state index in [4.69, 9.17) is 0 Å². The topological polar surface area (TPSA) is 15.3 Å². The summed E-state index contributed by atoms with van der Waals surface area (Å²) in [4.78, 5) is 5.61. The molecule has 1 fully saturated rings. The molecule has 2 atom stereocenters. The highest BCUT2D eigenvalue weighted by Gasteiger charge is 2.35. The Balaban J connectivity index is 2.11. The summed E-state index contributed by atoms with van der Waals surface area (Å²) in [6, 6.07) is 5.19. The monoisotopic (exact) mass is 280 g/mol. The van der Waals surface area contributed by atoms with Gasteiger partial charge in [-0.1, -0.05) is 20.8 Å². The Morgan fingerprint density at radius 2 is 2.21 bits per heavy atom. The van der Waals surface area contributed by atoms with Gasteiger partial charge in [-0.05, 0) is 38.3 Å². The van der Waals surface area contributed by atoms with E-state index < -0.39 is 0 Å². The van der Waals surface area contributed by atoms with E-state index in [1.54, 1.807) is 0 Å². The number of nitrogens with zero attached hydrogens (tertiary/aromatic N) is 1. The SMILES string of the molecule is CCC1(C)CN(Cc2ccc(C)s2)C(C(C)C)CN1. The van der Waals surface area contributed by atoms with Crippen LogP contribution in [0.3, 0.4) is 0 Å². The van der Waals surface area contributed by atoms with Gasteiger partial charge in [0.15, 0.2) is 0 Å². The van der Waals surface area contributed by atoms with Crippen molar-refractivity contribution >= 4 is 11.3 Å². The maximum Gasteiger partial charge on any atom is 0.0332 e. The first kappa shape index (κ1) is 15.0. The highest BCUT2D eigenvalue weighted by molar-refractivity contribution is 7.11. The average Bonchev–Trinajstić information content (AvgIpc) is 2.74. The lowest BCUT2D eigenvalue weighted by molar-refractivity contribution is 0.0547. The number of hydrogen-bond acceptors (Lipinski definition) is 3. The van der Waals surface area contributed by atoms with Crippen LogP contribution in [0.2, 0.25) is 0 Å². The Labute approximate surface area is 122 Å². The first-order valence-corrected chi connectivity index (χ1v) is 8.29. The minimum absolute atomic E-state index is 0.275. The van der Waals surface area contributed by atoms with Gasteiger partial charge in [-0.15, -0.1) is 11.3 Å². The quantitative estimate of drug-likeness (QED) is 0.905. The summed E-state index contributed by atoms with van der Waals surface area (Å²) >= 11 is 1.94. The van der Waals surface area contributed by atoms with Gasteiger partial charge in [0.2, 0.25) is 0 Å². The van der Waals surface area contributed by atoms with Crippen LogP contribution in [0.15, 0.2) is 12.1 Å². The van der Waals surface area contributed by atoms with E-state index >= 15 is 0 Å². The lowest BCUT2D eigenvalue weighted by Gasteiger charge is -2.47. The lowest BCUT2D eigenvalue weighted by Crippen LogP contribution is -2.63. The summed E-state index contributed by atoms with van der Waals surface area (Å²) in [5, 5.41) is 3.76. The Kier molecular flexibility index (Phi) is 4.70. The van der Waals surface area contributed by atoms with Crippen molar-refractivity contribution in [3.8, 4) is 0 Å². The standard InChI is InChI=1S/C16H28N2S/c1-6-16(5)11-18(15(9-17-16)12(2)3)10-14-8-7-13(4)19-14/h7-8,12,15,17H,6,9-11H2,1-5H3. The van der Waals surface area contributed by atoms with Gasteiger partial charge in [0.05, 0.1) is 0 Å². The number of aryl methyl sites for hydroxylation is 1. The molecule has 108 valence electrons. The highest BCUT2D eigenvalue weighted by atomic mass is 32.1. The van der Waals surface area contributed by atoms with Crippen LogP contribution < -0.4 is 5.32 Å². The minimum Gasteiger partial charge on any atom is -0.309 e. The molecule has 0 radical (unpaired) electrons. The van der Waals surface area contributed by atoms with Crippen LogP contribution in [0.1, 0.15) is 43.9 Å². The van der Waals surface area contributed by atoms with Crippen molar-refractivity contribution in [3.63, 3.8) is 0 Å². The molecule has 1 saturated heterocycles. The van der Waals surface area contributed by atoms with E-state index in [1.165, 1.54) is 16.2 Å². The molecule has 1 aliphatic rings. The van der Waals surface area contributed by atoms with Crippen LogP contribution >= 0.6 is 11.3 Å². The van der Waals surface area contributed by atoms with E-state index in [9.17, 15) is 0 Å². The molecule has 0 amide bonds. The number of piperazine rings is 1. The second-order valence-corrected chi connectivity index (χ2v) is 7.90. The lowest BCUT2D eigenvalue weighted by atomic mass is 9.90. The predicted molar refractivity (Wildman–Crippen MR) is 84.8 cm³/mol. The fraction of sp³-hybridized carbons (Fsp3) is 0.750. The first-order chi connectivity index (χ1) is 8.93. The molecule has 19 heavy (non-hydrogen) atoms. The molecule has 0 bridgehead atoms. The molecule has 1 aromatic rings. The van der Waals surface area contributed by atoms with E-state index in [1.807, 2.05) is 11.3 Å². The van der Waals surface area contributed by atoms with Gasteiger partial charge in [0.25, 0.3) is 0 Å². The van der Waals surface area contributed by atoms with E-state index in [-0.39, 0.29) is 5.54 Å². The van der Waals surface area contributed by atoms with Gasteiger partial charge >= 0.3 is 0 Å². The van der Waals surface area contributed by atoms with Crippen molar-refractivity contribution in [1.82, 2.24) is 10.2 Å². The number of thiophene rings is 1. The van der Waals surface area contributed by atoms with Gasteiger partial charge in [-0.2, -0.15) is 0 Å². The zero-order chi connectivity index (χ0) is 14.0. The van der Waals surface area contributed by atoms with Gasteiger partial charge in [0, 0.05) is 41.0 Å². The fourth-order valence-corrected chi connectivity index (χ4v) is 3.86. The van der Waals surface area contributed by atoms with Crippen molar-refractivity contribution in [1.29, 1.82) is 0 Å². The Morgan fingerprint density at radius 1 is 1.47 bits per heavy atom. The predicted octanol–water partition coefficient (Wildman–Crippen LogP) is 3.66. The summed E-state index contributed by atoms with van der Waals surface area (Å²) < 4.78 is 0. The highest BCUT2D eigenvalue weighted by Crippen LogP contribution is 2.26. The largest absolute Gasteiger partial charge is 0.309 e. The molecule has 0 saturated carbocycles. The van der Waals surface area contributed by atoms with Crippen LogP contribution in [0.5, 0.6) is 0 Å². The molecule has 2 nitrogen and oxygen atoms in total. The number of nitrogens with one attached hydrogen (secondary N) is 1. The molecular weight excluding hydrogens is 252 g/mol. The third-order valence-corrected chi connectivity index (χ3v) is 5.45. The summed E-state index contributed by atoms with van der Waals surface area (Å²) in [7, 11) is 0. The Morgan fingerprint density at radius 3 is 2.74 bits per heavy atom. The molecule has 1 N–H and O–H groups in total. The van der Waals surface area contributed by atoms with Crippen LogP contribution in [-0.2, 0) is 6.54 Å². The van der Waals surface area contributed by atoms with Gasteiger partial charge in [-0.25, -0.2) is 0 Å².